The van der Waals surface area contributed by atoms with Crippen LogP contribution in [0.5, 0.6) is 0 Å². The van der Waals surface area contributed by atoms with Gasteiger partial charge in [0.1, 0.15) is 22.7 Å². The van der Waals surface area contributed by atoms with E-state index in [9.17, 15) is 9.59 Å². The van der Waals surface area contributed by atoms with E-state index in [1.807, 2.05) is 83.6 Å². The molecule has 1 saturated carbocycles. The van der Waals surface area contributed by atoms with Gasteiger partial charge in [-0.3, -0.25) is 4.68 Å². The number of hydrogen-bond acceptors (Lipinski definition) is 8. The molecule has 0 unspecified atom stereocenters. The summed E-state index contributed by atoms with van der Waals surface area (Å²) in [7, 11) is 0. The number of ether oxygens (including phenoxy) is 2. The summed E-state index contributed by atoms with van der Waals surface area (Å²) < 4.78 is 15.7. The van der Waals surface area contributed by atoms with Crippen LogP contribution < -0.4 is 5.73 Å². The summed E-state index contributed by atoms with van der Waals surface area (Å²) in [6, 6.07) is 12.3. The predicted octanol–water partition coefficient (Wildman–Crippen LogP) is 9.14. The zero-order valence-corrected chi connectivity index (χ0v) is 33.9. The molecule has 1 aliphatic rings. The first-order valence-electron chi connectivity index (χ1n) is 19.0. The zero-order valence-electron chi connectivity index (χ0n) is 33.1. The molecule has 54 heavy (non-hydrogen) atoms. The smallest absolute Gasteiger partial charge is 0.410 e. The van der Waals surface area contributed by atoms with Crippen molar-refractivity contribution in [2.24, 2.45) is 5.92 Å². The lowest BCUT2D eigenvalue weighted by Gasteiger charge is -2.31. The number of nitrogens with zero attached hydrogens (tertiary/aromatic N) is 7. The molecule has 0 bridgehead atoms. The Kier molecular flexibility index (Phi) is 13.0. The number of nitrogens with two attached hydrogens (primary N) is 1. The topological polar surface area (TPSA) is 134 Å². The van der Waals surface area contributed by atoms with Crippen LogP contribution in [-0.2, 0) is 16.0 Å². The van der Waals surface area contributed by atoms with Gasteiger partial charge in [0.2, 0.25) is 5.28 Å². The van der Waals surface area contributed by atoms with Gasteiger partial charge in [-0.1, -0.05) is 42.0 Å². The third-order valence-corrected chi connectivity index (χ3v) is 9.76. The van der Waals surface area contributed by atoms with Gasteiger partial charge in [-0.25, -0.2) is 14.6 Å². The molecule has 2 atom stereocenters. The molecule has 292 valence electrons. The molecular weight excluding hydrogens is 704 g/mol. The molecule has 0 radical (unpaired) electrons. The highest BCUT2D eigenvalue weighted by Crippen LogP contribution is 2.41. The maximum atomic E-state index is 13.6. The Balaban J connectivity index is 1.32. The van der Waals surface area contributed by atoms with Crippen molar-refractivity contribution < 1.29 is 19.1 Å². The molecule has 1 aromatic carbocycles. The number of carbonyl (C=O) groups excluding carboxylic acids is 2. The minimum absolute atomic E-state index is 0.0902. The van der Waals surface area contributed by atoms with Crippen molar-refractivity contribution >= 4 is 40.6 Å². The number of nitrogen functional groups attached to an aromatic ring is 1. The summed E-state index contributed by atoms with van der Waals surface area (Å²) in [5.41, 5.74) is 9.90. The van der Waals surface area contributed by atoms with E-state index in [-0.39, 0.29) is 29.4 Å². The average molecular weight is 761 g/mol. The molecule has 2 amide bonds. The largest absolute Gasteiger partial charge is 0.444 e. The van der Waals surface area contributed by atoms with Gasteiger partial charge >= 0.3 is 12.2 Å². The number of anilines is 1. The van der Waals surface area contributed by atoms with E-state index >= 15 is 0 Å². The van der Waals surface area contributed by atoms with Crippen molar-refractivity contribution in [2.45, 2.75) is 111 Å². The Morgan fingerprint density at radius 1 is 0.963 bits per heavy atom. The van der Waals surface area contributed by atoms with Crippen LogP contribution in [0.2, 0.25) is 5.28 Å². The van der Waals surface area contributed by atoms with Crippen LogP contribution in [-0.4, -0.2) is 83.7 Å². The lowest BCUT2D eigenvalue weighted by molar-refractivity contribution is 0.0186. The lowest BCUT2D eigenvalue weighted by Crippen LogP contribution is -2.42. The van der Waals surface area contributed by atoms with Crippen LogP contribution in [0.1, 0.15) is 99.1 Å². The normalized spacial score (nSPS) is 16.5. The van der Waals surface area contributed by atoms with E-state index in [0.29, 0.717) is 50.6 Å². The highest BCUT2D eigenvalue weighted by Gasteiger charge is 2.33. The number of benzene rings is 1. The summed E-state index contributed by atoms with van der Waals surface area (Å²) in [6.07, 6.45) is 9.34. The first-order valence-corrected chi connectivity index (χ1v) is 19.4. The third kappa shape index (κ3) is 11.0. The Labute approximate surface area is 324 Å². The standard InChI is InChI=1S/C41H57ClN8O4/c1-9-28(2)18-22-47(38(51)53-40(3,4)5)20-13-21-48(39(52)54-41(6,7)8)25-30-16-17-31(24-30)50-27-32(34-35(43)44-37(42)45-36(34)50)33-19-23-49(46-33)26-29-14-11-10-12-15-29/h9-12,14-15,19,23,27,30-31H,13,16-18,20-22,24-26H2,1-8H3,(H2,43,44,45)/b28-9+/t30-,31+/m1/s1. The number of hydrogen-bond donors (Lipinski definition) is 1. The second-order valence-electron chi connectivity index (χ2n) is 16.4. The summed E-state index contributed by atoms with van der Waals surface area (Å²) in [6.45, 7) is 17.9. The highest BCUT2D eigenvalue weighted by atomic mass is 35.5. The van der Waals surface area contributed by atoms with Crippen molar-refractivity contribution in [1.29, 1.82) is 0 Å². The fourth-order valence-corrected chi connectivity index (χ4v) is 7.05. The summed E-state index contributed by atoms with van der Waals surface area (Å²) >= 11 is 6.37. The molecule has 4 aromatic rings. The quantitative estimate of drug-likeness (QED) is 0.105. The van der Waals surface area contributed by atoms with E-state index in [1.54, 1.807) is 9.80 Å². The molecule has 5 rings (SSSR count). The van der Waals surface area contributed by atoms with Crippen molar-refractivity contribution in [1.82, 2.24) is 34.1 Å². The van der Waals surface area contributed by atoms with Gasteiger partial charge < -0.3 is 29.6 Å². The number of carbonyl (C=O) groups is 2. The molecule has 0 aliphatic heterocycles. The fourth-order valence-electron chi connectivity index (χ4n) is 6.88. The third-order valence-electron chi connectivity index (χ3n) is 9.59. The zero-order chi connectivity index (χ0) is 39.2. The van der Waals surface area contributed by atoms with Crippen molar-refractivity contribution in [3.05, 3.63) is 71.3 Å². The van der Waals surface area contributed by atoms with Crippen molar-refractivity contribution in [3.63, 3.8) is 0 Å². The Bertz CT molecular complexity index is 1920. The molecule has 1 aliphatic carbocycles. The number of aromatic nitrogens is 5. The summed E-state index contributed by atoms with van der Waals surface area (Å²) in [4.78, 5) is 39.3. The van der Waals surface area contributed by atoms with Gasteiger partial charge in [0.25, 0.3) is 0 Å². The van der Waals surface area contributed by atoms with Crippen LogP contribution in [0.25, 0.3) is 22.3 Å². The van der Waals surface area contributed by atoms with Crippen LogP contribution in [0.3, 0.4) is 0 Å². The molecule has 12 nitrogen and oxygen atoms in total. The monoisotopic (exact) mass is 760 g/mol. The van der Waals surface area contributed by atoms with Crippen LogP contribution >= 0.6 is 11.6 Å². The number of rotatable bonds is 13. The first kappa shape index (κ1) is 40.6. The van der Waals surface area contributed by atoms with E-state index in [4.69, 9.17) is 31.9 Å². The number of allylic oxidation sites excluding steroid dienone is 1. The molecule has 3 heterocycles. The molecule has 1 fully saturated rings. The molecule has 13 heteroatoms. The Hall–Kier alpha value is -4.58. The second-order valence-corrected chi connectivity index (χ2v) is 16.7. The Morgan fingerprint density at radius 2 is 1.63 bits per heavy atom. The lowest BCUT2D eigenvalue weighted by atomic mass is 10.1. The van der Waals surface area contributed by atoms with Crippen LogP contribution in [0, 0.1) is 5.92 Å². The molecule has 2 N–H and O–H groups in total. The minimum atomic E-state index is -0.645. The van der Waals surface area contributed by atoms with E-state index in [2.05, 4.69) is 45.9 Å². The van der Waals surface area contributed by atoms with Gasteiger partial charge in [0, 0.05) is 50.2 Å². The number of fused-ring (bicyclic) bond motifs is 1. The average Bonchev–Trinajstić information content (AvgIpc) is 3.83. The van der Waals surface area contributed by atoms with Gasteiger partial charge in [0.05, 0.1) is 17.6 Å². The first-order chi connectivity index (χ1) is 25.5. The predicted molar refractivity (Wildman–Crippen MR) is 214 cm³/mol. The summed E-state index contributed by atoms with van der Waals surface area (Å²) in [5.74, 6) is 0.519. The summed E-state index contributed by atoms with van der Waals surface area (Å²) in [5, 5.41) is 5.71. The van der Waals surface area contributed by atoms with Gasteiger partial charge in [-0.2, -0.15) is 10.1 Å². The maximum Gasteiger partial charge on any atom is 0.410 e. The minimum Gasteiger partial charge on any atom is -0.444 e. The number of halogens is 1. The highest BCUT2D eigenvalue weighted by molar-refractivity contribution is 6.29. The van der Waals surface area contributed by atoms with Crippen LogP contribution in [0.4, 0.5) is 15.4 Å². The van der Waals surface area contributed by atoms with Gasteiger partial charge in [0.15, 0.2) is 0 Å². The molecule has 3 aromatic heterocycles. The maximum absolute atomic E-state index is 13.6. The van der Waals surface area contributed by atoms with Crippen molar-refractivity contribution in [2.75, 3.05) is 31.9 Å². The molecule has 0 saturated heterocycles. The van der Waals surface area contributed by atoms with E-state index in [1.165, 1.54) is 5.57 Å². The van der Waals surface area contributed by atoms with Crippen LogP contribution in [0.15, 0.2) is 60.4 Å². The van der Waals surface area contributed by atoms with E-state index < -0.39 is 11.2 Å². The van der Waals surface area contributed by atoms with Crippen molar-refractivity contribution in [3.8, 4) is 11.3 Å². The molecular formula is C41H57ClN8O4. The fraction of sp³-hybridized carbons (Fsp3) is 0.537. The Morgan fingerprint density at radius 3 is 2.30 bits per heavy atom. The SMILES string of the molecule is C/C=C(\C)CCN(CCCN(C[C@@H]1CC[C@H](n2cc(-c3ccn(Cc4ccccc4)n3)c3c(N)nc(Cl)nc32)C1)C(=O)OC(C)(C)C)C(=O)OC(C)(C)C. The molecule has 0 spiro atoms. The van der Waals surface area contributed by atoms with Gasteiger partial charge in [-0.05, 0) is 117 Å². The van der Waals surface area contributed by atoms with Gasteiger partial charge in [-0.15, -0.1) is 0 Å². The number of amides is 2. The second kappa shape index (κ2) is 17.3. The van der Waals surface area contributed by atoms with E-state index in [0.717, 1.165) is 47.9 Å².